The SMILES string of the molecule is CNCC1CN(c2c([N+](=O)[O-])nc(C)n2C)CCO1. The number of hydrogen-bond acceptors (Lipinski definition) is 6. The Bertz CT molecular complexity index is 471. The molecular formula is C11H19N5O3. The molecule has 1 aromatic heterocycles. The van der Waals surface area contributed by atoms with Gasteiger partial charge in [-0.05, 0) is 17.0 Å². The number of hydrogen-bond donors (Lipinski definition) is 1. The maximum absolute atomic E-state index is 11.1. The molecule has 1 aromatic rings. The lowest BCUT2D eigenvalue weighted by molar-refractivity contribution is -0.388. The van der Waals surface area contributed by atoms with Crippen molar-refractivity contribution in [3.63, 3.8) is 0 Å². The molecule has 1 saturated heterocycles. The zero-order chi connectivity index (χ0) is 14.0. The van der Waals surface area contributed by atoms with Gasteiger partial charge in [0.05, 0.1) is 12.7 Å². The highest BCUT2D eigenvalue weighted by Gasteiger charge is 2.31. The number of nitro groups is 1. The van der Waals surface area contributed by atoms with Gasteiger partial charge in [0, 0.05) is 33.6 Å². The Kier molecular flexibility index (Phi) is 4.01. The number of nitrogens with zero attached hydrogens (tertiary/aromatic N) is 4. The number of anilines is 1. The van der Waals surface area contributed by atoms with Crippen molar-refractivity contribution < 1.29 is 9.66 Å². The van der Waals surface area contributed by atoms with Gasteiger partial charge in [0.2, 0.25) is 11.6 Å². The molecule has 2 rings (SSSR count). The highest BCUT2D eigenvalue weighted by atomic mass is 16.6. The van der Waals surface area contributed by atoms with E-state index in [0.29, 0.717) is 31.3 Å². The second kappa shape index (κ2) is 5.54. The first-order chi connectivity index (χ1) is 9.04. The summed E-state index contributed by atoms with van der Waals surface area (Å²) in [4.78, 5) is 16.7. The molecule has 0 saturated carbocycles. The molecule has 1 aliphatic rings. The number of rotatable bonds is 4. The highest BCUT2D eigenvalue weighted by Crippen LogP contribution is 2.29. The van der Waals surface area contributed by atoms with Crippen LogP contribution >= 0.6 is 0 Å². The normalized spacial score (nSPS) is 19.7. The van der Waals surface area contributed by atoms with E-state index >= 15 is 0 Å². The number of aryl methyl sites for hydroxylation is 1. The van der Waals surface area contributed by atoms with Crippen molar-refractivity contribution in [1.29, 1.82) is 0 Å². The minimum Gasteiger partial charge on any atom is -0.373 e. The average Bonchev–Trinajstić information content (AvgIpc) is 2.67. The number of imidazole rings is 1. The number of likely N-dealkylation sites (N-methyl/N-ethyl adjacent to an activating group) is 1. The lowest BCUT2D eigenvalue weighted by Gasteiger charge is -2.33. The topological polar surface area (TPSA) is 85.5 Å². The van der Waals surface area contributed by atoms with Crippen LogP contribution in [0.25, 0.3) is 0 Å². The minimum atomic E-state index is -0.426. The summed E-state index contributed by atoms with van der Waals surface area (Å²) < 4.78 is 7.38. The predicted octanol–water partition coefficient (Wildman–Crippen LogP) is 0.0613. The van der Waals surface area contributed by atoms with Crippen molar-refractivity contribution in [3.05, 3.63) is 15.9 Å². The van der Waals surface area contributed by atoms with Crippen LogP contribution < -0.4 is 10.2 Å². The summed E-state index contributed by atoms with van der Waals surface area (Å²) in [6.45, 7) is 4.32. The lowest BCUT2D eigenvalue weighted by atomic mass is 10.2. The summed E-state index contributed by atoms with van der Waals surface area (Å²) in [5.41, 5.74) is 0. The number of nitrogens with one attached hydrogen (secondary N) is 1. The largest absolute Gasteiger partial charge is 0.406 e. The van der Waals surface area contributed by atoms with E-state index in [2.05, 4.69) is 10.3 Å². The Morgan fingerprint density at radius 3 is 3.00 bits per heavy atom. The van der Waals surface area contributed by atoms with Gasteiger partial charge in [0.1, 0.15) is 0 Å². The quantitative estimate of drug-likeness (QED) is 0.614. The molecule has 8 nitrogen and oxygen atoms in total. The molecular weight excluding hydrogens is 250 g/mol. The fraction of sp³-hybridized carbons (Fsp3) is 0.727. The molecule has 1 aliphatic heterocycles. The summed E-state index contributed by atoms with van der Waals surface area (Å²) in [7, 11) is 3.66. The van der Waals surface area contributed by atoms with Crippen LogP contribution in [0, 0.1) is 17.0 Å². The predicted molar refractivity (Wildman–Crippen MR) is 70.5 cm³/mol. The van der Waals surface area contributed by atoms with Crippen molar-refractivity contribution in [2.75, 3.05) is 38.2 Å². The van der Waals surface area contributed by atoms with Crippen LogP contribution in [0.2, 0.25) is 0 Å². The lowest BCUT2D eigenvalue weighted by Crippen LogP contribution is -2.47. The Morgan fingerprint density at radius 1 is 1.63 bits per heavy atom. The smallest absolute Gasteiger partial charge is 0.373 e. The molecule has 0 spiro atoms. The van der Waals surface area contributed by atoms with Crippen molar-refractivity contribution in [2.45, 2.75) is 13.0 Å². The molecule has 0 aliphatic carbocycles. The van der Waals surface area contributed by atoms with Crippen LogP contribution in [0.1, 0.15) is 5.82 Å². The third-order valence-electron chi connectivity index (χ3n) is 3.31. The zero-order valence-corrected chi connectivity index (χ0v) is 11.4. The van der Waals surface area contributed by atoms with Crippen LogP contribution in [-0.2, 0) is 11.8 Å². The van der Waals surface area contributed by atoms with E-state index in [9.17, 15) is 10.1 Å². The van der Waals surface area contributed by atoms with E-state index in [1.807, 2.05) is 11.9 Å². The van der Waals surface area contributed by atoms with Crippen LogP contribution in [0.15, 0.2) is 0 Å². The first kappa shape index (κ1) is 13.8. The first-order valence-electron chi connectivity index (χ1n) is 6.23. The van der Waals surface area contributed by atoms with E-state index in [4.69, 9.17) is 4.74 Å². The van der Waals surface area contributed by atoms with Crippen molar-refractivity contribution >= 4 is 11.6 Å². The Labute approximate surface area is 111 Å². The van der Waals surface area contributed by atoms with Crippen molar-refractivity contribution in [2.24, 2.45) is 7.05 Å². The summed E-state index contributed by atoms with van der Waals surface area (Å²) >= 11 is 0. The molecule has 0 amide bonds. The van der Waals surface area contributed by atoms with Gasteiger partial charge in [0.25, 0.3) is 0 Å². The van der Waals surface area contributed by atoms with Gasteiger partial charge in [-0.1, -0.05) is 0 Å². The van der Waals surface area contributed by atoms with Gasteiger partial charge < -0.3 is 25.1 Å². The molecule has 1 N–H and O–H groups in total. The second-order valence-electron chi connectivity index (χ2n) is 4.62. The fourth-order valence-corrected chi connectivity index (χ4v) is 2.32. The first-order valence-corrected chi connectivity index (χ1v) is 6.23. The van der Waals surface area contributed by atoms with E-state index in [0.717, 1.165) is 6.54 Å². The minimum absolute atomic E-state index is 0.0357. The summed E-state index contributed by atoms with van der Waals surface area (Å²) in [6, 6.07) is 0. The molecule has 0 bridgehead atoms. The molecule has 8 heteroatoms. The van der Waals surface area contributed by atoms with Crippen molar-refractivity contribution in [1.82, 2.24) is 14.9 Å². The maximum atomic E-state index is 11.1. The number of morpholine rings is 1. The van der Waals surface area contributed by atoms with Crippen molar-refractivity contribution in [3.8, 4) is 0 Å². The third-order valence-corrected chi connectivity index (χ3v) is 3.31. The standard InChI is InChI=1S/C11H19N5O3/c1-8-13-10(16(17)18)11(14(8)3)15-4-5-19-9(7-15)6-12-2/h9,12H,4-7H2,1-3H3. The number of ether oxygens (including phenoxy) is 1. The number of aromatic nitrogens is 2. The molecule has 19 heavy (non-hydrogen) atoms. The van der Waals surface area contributed by atoms with E-state index in [1.165, 1.54) is 0 Å². The van der Waals surface area contributed by atoms with E-state index in [1.54, 1.807) is 18.5 Å². The van der Waals surface area contributed by atoms with Crippen LogP contribution in [0.5, 0.6) is 0 Å². The van der Waals surface area contributed by atoms with Crippen LogP contribution in [0.4, 0.5) is 11.6 Å². The second-order valence-corrected chi connectivity index (χ2v) is 4.62. The van der Waals surface area contributed by atoms with E-state index in [-0.39, 0.29) is 11.9 Å². The van der Waals surface area contributed by atoms with Gasteiger partial charge in [0.15, 0.2) is 0 Å². The summed E-state index contributed by atoms with van der Waals surface area (Å²) in [5, 5.41) is 14.2. The zero-order valence-electron chi connectivity index (χ0n) is 11.4. The summed E-state index contributed by atoms with van der Waals surface area (Å²) in [6.07, 6.45) is 0.0357. The van der Waals surface area contributed by atoms with Gasteiger partial charge in [-0.15, -0.1) is 0 Å². The van der Waals surface area contributed by atoms with Gasteiger partial charge in [-0.25, -0.2) is 0 Å². The Hall–Kier alpha value is -1.67. The molecule has 1 fully saturated rings. The fourth-order valence-electron chi connectivity index (χ4n) is 2.32. The van der Waals surface area contributed by atoms with Crippen LogP contribution in [-0.4, -0.2) is 53.9 Å². The molecule has 2 heterocycles. The maximum Gasteiger partial charge on any atom is 0.406 e. The summed E-state index contributed by atoms with van der Waals surface area (Å²) in [5.74, 6) is 1.12. The Morgan fingerprint density at radius 2 is 2.37 bits per heavy atom. The van der Waals surface area contributed by atoms with E-state index < -0.39 is 4.92 Å². The third kappa shape index (κ3) is 2.69. The molecule has 106 valence electrons. The monoisotopic (exact) mass is 269 g/mol. The van der Waals surface area contributed by atoms with Gasteiger partial charge in [-0.3, -0.25) is 4.57 Å². The molecule has 0 aromatic carbocycles. The molecule has 1 atom stereocenters. The van der Waals surface area contributed by atoms with Crippen LogP contribution in [0.3, 0.4) is 0 Å². The van der Waals surface area contributed by atoms with Gasteiger partial charge in [-0.2, -0.15) is 0 Å². The molecule has 0 radical (unpaired) electrons. The average molecular weight is 269 g/mol. The highest BCUT2D eigenvalue weighted by molar-refractivity contribution is 5.56. The van der Waals surface area contributed by atoms with Gasteiger partial charge >= 0.3 is 5.82 Å². The Balaban J connectivity index is 2.27. The molecule has 1 unspecified atom stereocenters.